The van der Waals surface area contributed by atoms with Crippen LogP contribution in [0.1, 0.15) is 24.4 Å². The zero-order valence-electron chi connectivity index (χ0n) is 16.9. The molecule has 1 amide bonds. The molecular formula is C21H27N5O3S. The highest BCUT2D eigenvalue weighted by molar-refractivity contribution is 7.89. The zero-order valence-corrected chi connectivity index (χ0v) is 17.7. The van der Waals surface area contributed by atoms with Crippen LogP contribution in [0, 0.1) is 0 Å². The number of hydrogen-bond donors (Lipinski definition) is 1. The van der Waals surface area contributed by atoms with Gasteiger partial charge in [-0.1, -0.05) is 30.3 Å². The lowest BCUT2D eigenvalue weighted by Crippen LogP contribution is -2.50. The average Bonchev–Trinajstić information content (AvgIpc) is 3.31. The molecule has 30 heavy (non-hydrogen) atoms. The third-order valence-corrected chi connectivity index (χ3v) is 7.69. The van der Waals surface area contributed by atoms with Crippen molar-refractivity contribution in [1.29, 1.82) is 0 Å². The summed E-state index contributed by atoms with van der Waals surface area (Å²) in [6.07, 6.45) is 3.26. The maximum Gasteiger partial charge on any atom is 0.244 e. The Kier molecular flexibility index (Phi) is 6.03. The number of pyridine rings is 1. The fourth-order valence-electron chi connectivity index (χ4n) is 4.19. The van der Waals surface area contributed by atoms with Gasteiger partial charge in [0.15, 0.2) is 0 Å². The maximum atomic E-state index is 12.7. The predicted molar refractivity (Wildman–Crippen MR) is 114 cm³/mol. The first-order chi connectivity index (χ1) is 14.5. The Morgan fingerprint density at radius 3 is 2.17 bits per heavy atom. The summed E-state index contributed by atoms with van der Waals surface area (Å²) < 4.78 is 26.8. The van der Waals surface area contributed by atoms with Crippen LogP contribution < -0.4 is 10.6 Å². The molecule has 2 fully saturated rings. The number of anilines is 1. The third kappa shape index (κ3) is 4.19. The van der Waals surface area contributed by atoms with Crippen LogP contribution in [0.4, 0.5) is 5.82 Å². The summed E-state index contributed by atoms with van der Waals surface area (Å²) in [6, 6.07) is 12.5. The molecule has 8 nitrogen and oxygen atoms in total. The lowest BCUT2D eigenvalue weighted by atomic mass is 10.0. The highest BCUT2D eigenvalue weighted by Crippen LogP contribution is 2.25. The number of benzene rings is 1. The second kappa shape index (κ2) is 8.71. The number of rotatable bonds is 6. The largest absolute Gasteiger partial charge is 0.368 e. The lowest BCUT2D eigenvalue weighted by Gasteiger charge is -2.38. The standard InChI is InChI=1S/C21H27N5O3S/c22-21(27)20(17-6-2-1-3-7-17)25-14-12-24(13-15-25)19-9-8-18(16-23-19)30(28,29)26-10-4-5-11-26/h1-3,6-9,16,20H,4-5,10-15H2,(H2,22,27). The molecule has 1 aromatic carbocycles. The Hall–Kier alpha value is -2.49. The summed E-state index contributed by atoms with van der Waals surface area (Å²) in [5.74, 6) is 0.384. The molecule has 9 heteroatoms. The second-order valence-electron chi connectivity index (χ2n) is 7.70. The van der Waals surface area contributed by atoms with Gasteiger partial charge in [0.2, 0.25) is 15.9 Å². The zero-order chi connectivity index (χ0) is 21.1. The SMILES string of the molecule is NC(=O)C(c1ccccc1)N1CCN(c2ccc(S(=O)(=O)N3CCCC3)cn2)CC1. The van der Waals surface area contributed by atoms with Crippen molar-refractivity contribution >= 4 is 21.7 Å². The summed E-state index contributed by atoms with van der Waals surface area (Å²) in [5, 5.41) is 0. The fraction of sp³-hybridized carbons (Fsp3) is 0.429. The van der Waals surface area contributed by atoms with Gasteiger partial charge in [0.25, 0.3) is 0 Å². The molecule has 2 saturated heterocycles. The first-order valence-electron chi connectivity index (χ1n) is 10.3. The molecule has 2 aliphatic rings. The van der Waals surface area contributed by atoms with Gasteiger partial charge >= 0.3 is 0 Å². The number of hydrogen-bond acceptors (Lipinski definition) is 6. The number of nitrogens with zero attached hydrogens (tertiary/aromatic N) is 4. The second-order valence-corrected chi connectivity index (χ2v) is 9.64. The van der Waals surface area contributed by atoms with Crippen molar-refractivity contribution in [3.8, 4) is 0 Å². The van der Waals surface area contributed by atoms with Crippen LogP contribution in [0.15, 0.2) is 53.6 Å². The summed E-state index contributed by atoms with van der Waals surface area (Å²) in [5.41, 5.74) is 6.58. The summed E-state index contributed by atoms with van der Waals surface area (Å²) >= 11 is 0. The monoisotopic (exact) mass is 429 g/mol. The van der Waals surface area contributed by atoms with Crippen molar-refractivity contribution in [2.45, 2.75) is 23.8 Å². The maximum absolute atomic E-state index is 12.7. The summed E-state index contributed by atoms with van der Waals surface area (Å²) in [6.45, 7) is 3.85. The van der Waals surface area contributed by atoms with Gasteiger partial charge in [0, 0.05) is 45.5 Å². The minimum Gasteiger partial charge on any atom is -0.368 e. The van der Waals surface area contributed by atoms with E-state index in [1.54, 1.807) is 12.1 Å². The number of primary amides is 1. The highest BCUT2D eigenvalue weighted by Gasteiger charge is 2.30. The number of carbonyl (C=O) groups excluding carboxylic acids is 1. The van der Waals surface area contributed by atoms with E-state index in [0.717, 1.165) is 24.2 Å². The minimum absolute atomic E-state index is 0.240. The fourth-order valence-corrected chi connectivity index (χ4v) is 5.65. The topological polar surface area (TPSA) is 99.8 Å². The van der Waals surface area contributed by atoms with Crippen molar-refractivity contribution in [3.05, 3.63) is 54.2 Å². The summed E-state index contributed by atoms with van der Waals surface area (Å²) in [7, 11) is -3.45. The van der Waals surface area contributed by atoms with Gasteiger partial charge in [-0.2, -0.15) is 4.31 Å². The van der Waals surface area contributed by atoms with Gasteiger partial charge in [-0.05, 0) is 30.5 Å². The molecule has 1 aromatic heterocycles. The minimum atomic E-state index is -3.45. The van der Waals surface area contributed by atoms with E-state index in [4.69, 9.17) is 5.73 Å². The van der Waals surface area contributed by atoms with E-state index in [2.05, 4.69) is 14.8 Å². The van der Waals surface area contributed by atoms with Gasteiger partial charge in [-0.15, -0.1) is 0 Å². The van der Waals surface area contributed by atoms with Crippen LogP contribution >= 0.6 is 0 Å². The number of aromatic nitrogens is 1. The van der Waals surface area contributed by atoms with Gasteiger partial charge in [-0.25, -0.2) is 13.4 Å². The predicted octanol–water partition coefficient (Wildman–Crippen LogP) is 1.21. The smallest absolute Gasteiger partial charge is 0.244 e. The van der Waals surface area contributed by atoms with Gasteiger partial charge in [0.05, 0.1) is 0 Å². The van der Waals surface area contributed by atoms with Crippen LogP contribution in [-0.2, 0) is 14.8 Å². The van der Waals surface area contributed by atoms with E-state index in [-0.39, 0.29) is 10.8 Å². The average molecular weight is 430 g/mol. The molecular weight excluding hydrogens is 402 g/mol. The molecule has 0 bridgehead atoms. The Morgan fingerprint density at radius 1 is 0.933 bits per heavy atom. The van der Waals surface area contributed by atoms with E-state index >= 15 is 0 Å². The lowest BCUT2D eigenvalue weighted by molar-refractivity contribution is -0.123. The Bertz CT molecular complexity index is 967. The molecule has 1 unspecified atom stereocenters. The molecule has 4 rings (SSSR count). The first kappa shape index (κ1) is 20.8. The van der Waals surface area contributed by atoms with Crippen LogP contribution in [0.2, 0.25) is 0 Å². The number of piperazine rings is 1. The normalized spacial score (nSPS) is 19.7. The van der Waals surface area contributed by atoms with E-state index in [1.807, 2.05) is 30.3 Å². The van der Waals surface area contributed by atoms with Gasteiger partial charge in [0.1, 0.15) is 16.8 Å². The van der Waals surface area contributed by atoms with Crippen LogP contribution in [-0.4, -0.2) is 67.8 Å². The molecule has 2 N–H and O–H groups in total. The molecule has 2 aliphatic heterocycles. The number of amides is 1. The highest BCUT2D eigenvalue weighted by atomic mass is 32.2. The summed E-state index contributed by atoms with van der Waals surface area (Å²) in [4.78, 5) is 20.9. The van der Waals surface area contributed by atoms with Crippen LogP contribution in [0.25, 0.3) is 0 Å². The van der Waals surface area contributed by atoms with Gasteiger partial charge in [-0.3, -0.25) is 9.69 Å². The molecule has 2 aromatic rings. The Morgan fingerprint density at radius 2 is 1.60 bits per heavy atom. The van der Waals surface area contributed by atoms with Crippen molar-refractivity contribution < 1.29 is 13.2 Å². The number of nitrogens with two attached hydrogens (primary N) is 1. The Labute approximate surface area is 177 Å². The van der Waals surface area contributed by atoms with E-state index < -0.39 is 16.1 Å². The van der Waals surface area contributed by atoms with Crippen LogP contribution in [0.3, 0.4) is 0 Å². The van der Waals surface area contributed by atoms with Crippen molar-refractivity contribution in [1.82, 2.24) is 14.2 Å². The quantitative estimate of drug-likeness (QED) is 0.741. The van der Waals surface area contributed by atoms with Crippen LogP contribution in [0.5, 0.6) is 0 Å². The van der Waals surface area contributed by atoms with E-state index in [0.29, 0.717) is 39.3 Å². The molecule has 0 saturated carbocycles. The third-order valence-electron chi connectivity index (χ3n) is 5.81. The van der Waals surface area contributed by atoms with Crippen molar-refractivity contribution in [2.75, 3.05) is 44.2 Å². The van der Waals surface area contributed by atoms with Crippen molar-refractivity contribution in [3.63, 3.8) is 0 Å². The molecule has 0 aliphatic carbocycles. The van der Waals surface area contributed by atoms with E-state index in [1.165, 1.54) is 10.5 Å². The molecule has 3 heterocycles. The molecule has 0 spiro atoms. The molecule has 160 valence electrons. The van der Waals surface area contributed by atoms with Gasteiger partial charge < -0.3 is 10.6 Å². The molecule has 0 radical (unpaired) electrons. The Balaban J connectivity index is 1.42. The first-order valence-corrected chi connectivity index (χ1v) is 11.7. The van der Waals surface area contributed by atoms with E-state index in [9.17, 15) is 13.2 Å². The number of carbonyl (C=O) groups is 1. The number of sulfonamides is 1. The van der Waals surface area contributed by atoms with Crippen molar-refractivity contribution in [2.24, 2.45) is 5.73 Å². The molecule has 1 atom stereocenters.